The molecule has 2 aromatic carbocycles. The largest absolute Gasteiger partial charge is 0.406 e. The number of benzene rings is 2. The van der Waals surface area contributed by atoms with E-state index in [-0.39, 0.29) is 5.66 Å². The van der Waals surface area contributed by atoms with Crippen LogP contribution in [-0.2, 0) is 12.8 Å². The van der Waals surface area contributed by atoms with Crippen LogP contribution in [0.25, 0.3) is 0 Å². The number of anilines is 1. The summed E-state index contributed by atoms with van der Waals surface area (Å²) in [4.78, 5) is 5.68. The van der Waals surface area contributed by atoms with Gasteiger partial charge in [-0.1, -0.05) is 36.4 Å². The molecule has 18 heavy (non-hydrogen) atoms. The Morgan fingerprint density at radius 1 is 0.889 bits per heavy atom. The molecule has 1 unspecified atom stereocenters. The van der Waals surface area contributed by atoms with Crippen LogP contribution in [0, 0.1) is 0 Å². The van der Waals surface area contributed by atoms with Crippen molar-refractivity contribution in [1.29, 1.82) is 0 Å². The van der Waals surface area contributed by atoms with Gasteiger partial charge in [-0.3, -0.25) is 0 Å². The molecule has 2 heterocycles. The molecule has 2 N–H and O–H groups in total. The minimum absolute atomic E-state index is 0.196. The first-order valence-electron chi connectivity index (χ1n) is 6.23. The molecule has 2 aliphatic heterocycles. The van der Waals surface area contributed by atoms with Crippen LogP contribution >= 0.6 is 0 Å². The summed E-state index contributed by atoms with van der Waals surface area (Å²) >= 11 is 0. The van der Waals surface area contributed by atoms with E-state index in [0.29, 0.717) is 0 Å². The molecule has 2 aliphatic rings. The van der Waals surface area contributed by atoms with Gasteiger partial charge in [0.15, 0.2) is 5.75 Å². The van der Waals surface area contributed by atoms with Crippen molar-refractivity contribution in [3.63, 3.8) is 0 Å². The monoisotopic (exact) mass is 238 g/mol. The highest BCUT2D eigenvalue weighted by atomic mass is 16.7. The topological polar surface area (TPSA) is 33.3 Å². The zero-order valence-corrected chi connectivity index (χ0v) is 9.94. The van der Waals surface area contributed by atoms with Crippen LogP contribution < -0.4 is 15.6 Å². The van der Waals surface area contributed by atoms with E-state index >= 15 is 0 Å². The molecular weight excluding hydrogens is 224 g/mol. The number of nitrogens with one attached hydrogen (secondary N) is 2. The third-order valence-corrected chi connectivity index (χ3v) is 3.70. The van der Waals surface area contributed by atoms with Gasteiger partial charge >= 0.3 is 0 Å². The van der Waals surface area contributed by atoms with Crippen molar-refractivity contribution < 1.29 is 4.84 Å². The van der Waals surface area contributed by atoms with Crippen molar-refractivity contribution in [2.75, 3.05) is 5.32 Å². The number of rotatable bonds is 0. The summed E-state index contributed by atoms with van der Waals surface area (Å²) in [7, 11) is 0. The number of fused-ring (bicyclic) bond motifs is 2. The molecule has 1 atom stereocenters. The lowest BCUT2D eigenvalue weighted by Gasteiger charge is -2.35. The maximum atomic E-state index is 5.68. The minimum Gasteiger partial charge on any atom is -0.406 e. The first kappa shape index (κ1) is 9.97. The van der Waals surface area contributed by atoms with Crippen molar-refractivity contribution in [3.8, 4) is 5.75 Å². The van der Waals surface area contributed by atoms with E-state index in [1.807, 2.05) is 12.1 Å². The minimum atomic E-state index is -0.196. The molecule has 0 amide bonds. The molecule has 4 rings (SSSR count). The first-order chi connectivity index (χ1) is 8.85. The normalized spacial score (nSPS) is 24.0. The van der Waals surface area contributed by atoms with Crippen LogP contribution in [0.15, 0.2) is 48.5 Å². The SMILES string of the molecule is c1ccc2c(c1)CC1(Cc3ccccc3ON1)N2. The van der Waals surface area contributed by atoms with Crippen molar-refractivity contribution in [1.82, 2.24) is 5.48 Å². The quantitative estimate of drug-likeness (QED) is 0.739. The van der Waals surface area contributed by atoms with Gasteiger partial charge in [0.1, 0.15) is 5.66 Å². The predicted molar refractivity (Wildman–Crippen MR) is 70.4 cm³/mol. The summed E-state index contributed by atoms with van der Waals surface area (Å²) in [6, 6.07) is 16.6. The summed E-state index contributed by atoms with van der Waals surface area (Å²) in [6.07, 6.45) is 1.87. The maximum Gasteiger partial charge on any atom is 0.150 e. The predicted octanol–water partition coefficient (Wildman–Crippen LogP) is 2.49. The fourth-order valence-corrected chi connectivity index (χ4v) is 2.86. The zero-order valence-electron chi connectivity index (χ0n) is 9.94. The zero-order chi connectivity index (χ0) is 12.0. The van der Waals surface area contributed by atoms with Gasteiger partial charge in [-0.25, -0.2) is 0 Å². The fraction of sp³-hybridized carbons (Fsp3) is 0.200. The molecule has 2 aromatic rings. The molecule has 0 saturated carbocycles. The van der Waals surface area contributed by atoms with Crippen LogP contribution in [0.2, 0.25) is 0 Å². The summed E-state index contributed by atoms with van der Waals surface area (Å²) in [5.74, 6) is 0.931. The number of para-hydroxylation sites is 2. The Morgan fingerprint density at radius 2 is 1.61 bits per heavy atom. The molecule has 0 bridgehead atoms. The first-order valence-corrected chi connectivity index (χ1v) is 6.23. The third kappa shape index (κ3) is 1.41. The van der Waals surface area contributed by atoms with Gasteiger partial charge in [0.2, 0.25) is 0 Å². The highest BCUT2D eigenvalue weighted by molar-refractivity contribution is 5.59. The van der Waals surface area contributed by atoms with Gasteiger partial charge in [0.25, 0.3) is 0 Å². The Labute approximate surface area is 106 Å². The Morgan fingerprint density at radius 3 is 2.50 bits per heavy atom. The number of hydroxylamine groups is 1. The molecule has 90 valence electrons. The van der Waals surface area contributed by atoms with Crippen LogP contribution in [0.1, 0.15) is 11.1 Å². The highest BCUT2D eigenvalue weighted by Gasteiger charge is 2.40. The van der Waals surface area contributed by atoms with Crippen molar-refractivity contribution in [3.05, 3.63) is 59.7 Å². The van der Waals surface area contributed by atoms with E-state index in [1.165, 1.54) is 16.8 Å². The van der Waals surface area contributed by atoms with Gasteiger partial charge in [0.05, 0.1) is 0 Å². The van der Waals surface area contributed by atoms with E-state index in [4.69, 9.17) is 4.84 Å². The van der Waals surface area contributed by atoms with Crippen LogP contribution in [0.4, 0.5) is 5.69 Å². The van der Waals surface area contributed by atoms with Gasteiger partial charge in [-0.15, -0.1) is 5.48 Å². The fourth-order valence-electron chi connectivity index (χ4n) is 2.86. The Kier molecular flexibility index (Phi) is 1.94. The lowest BCUT2D eigenvalue weighted by Crippen LogP contribution is -2.56. The summed E-state index contributed by atoms with van der Waals surface area (Å²) in [5, 5.41) is 3.55. The van der Waals surface area contributed by atoms with Crippen LogP contribution in [-0.4, -0.2) is 5.66 Å². The lowest BCUT2D eigenvalue weighted by molar-refractivity contribution is 0.0867. The van der Waals surface area contributed by atoms with E-state index in [9.17, 15) is 0 Å². The summed E-state index contributed by atoms with van der Waals surface area (Å²) in [6.45, 7) is 0. The molecule has 1 spiro atoms. The second kappa shape index (κ2) is 3.50. The number of hydrogen-bond donors (Lipinski definition) is 2. The summed E-state index contributed by atoms with van der Waals surface area (Å²) < 4.78 is 0. The van der Waals surface area contributed by atoms with Gasteiger partial charge in [0, 0.05) is 24.1 Å². The van der Waals surface area contributed by atoms with Gasteiger partial charge in [-0.2, -0.15) is 0 Å². The van der Waals surface area contributed by atoms with Crippen LogP contribution in [0.5, 0.6) is 5.75 Å². The molecule has 0 aromatic heterocycles. The smallest absolute Gasteiger partial charge is 0.150 e. The average molecular weight is 238 g/mol. The van der Waals surface area contributed by atoms with E-state index in [1.54, 1.807) is 0 Å². The highest BCUT2D eigenvalue weighted by Crippen LogP contribution is 2.37. The third-order valence-electron chi connectivity index (χ3n) is 3.70. The molecular formula is C15H14N2O. The van der Waals surface area contributed by atoms with Crippen molar-refractivity contribution >= 4 is 5.69 Å². The molecule has 0 saturated heterocycles. The Balaban J connectivity index is 1.70. The molecule has 0 radical (unpaired) electrons. The molecule has 3 nitrogen and oxygen atoms in total. The van der Waals surface area contributed by atoms with Crippen molar-refractivity contribution in [2.24, 2.45) is 0 Å². The second-order valence-corrected chi connectivity index (χ2v) is 5.03. The Hall–Kier alpha value is -2.00. The van der Waals surface area contributed by atoms with Crippen LogP contribution in [0.3, 0.4) is 0 Å². The van der Waals surface area contributed by atoms with Gasteiger partial charge in [-0.05, 0) is 17.7 Å². The average Bonchev–Trinajstić information content (AvgIpc) is 2.76. The maximum absolute atomic E-state index is 5.68. The lowest BCUT2D eigenvalue weighted by atomic mass is 9.95. The molecule has 0 aliphatic carbocycles. The van der Waals surface area contributed by atoms with E-state index < -0.39 is 0 Å². The second-order valence-electron chi connectivity index (χ2n) is 5.03. The van der Waals surface area contributed by atoms with E-state index in [0.717, 1.165) is 18.6 Å². The number of hydrogen-bond acceptors (Lipinski definition) is 3. The standard InChI is InChI=1S/C15H14N2O/c1-3-7-13-11(5-1)9-15(16-13)10-12-6-2-4-8-14(12)18-17-15/h1-8,16-17H,9-10H2. The summed E-state index contributed by atoms with van der Waals surface area (Å²) in [5.41, 5.74) is 6.78. The molecule has 0 fully saturated rings. The van der Waals surface area contributed by atoms with E-state index in [2.05, 4.69) is 47.2 Å². The van der Waals surface area contributed by atoms with Crippen molar-refractivity contribution in [2.45, 2.75) is 18.5 Å². The molecule has 3 heteroatoms. The van der Waals surface area contributed by atoms with Gasteiger partial charge < -0.3 is 10.2 Å². The Bertz CT molecular complexity index is 584.